The molecule has 0 aliphatic carbocycles. The Bertz CT molecular complexity index is 544. The maximum Gasteiger partial charge on any atom is -0.0188 e. The molecule has 0 heterocycles. The fourth-order valence-corrected chi connectivity index (χ4v) is 3.48. The number of rotatable bonds is 6. The van der Waals surface area contributed by atoms with Crippen LogP contribution in [0.1, 0.15) is 95.9 Å². The summed E-state index contributed by atoms with van der Waals surface area (Å²) < 4.78 is 0. The van der Waals surface area contributed by atoms with Crippen molar-refractivity contribution in [3.63, 3.8) is 0 Å². The standard InChI is InChI=1S/2C13H20.CH4/c2*1-10(2)9-12(4)13-7-5-11(3)6-8-13;/h2*5-8,10,12H,9H2,1-4H3;1H4/t2*12-;/m10./s1. The molecule has 152 valence electrons. The average Bonchev–Trinajstić information content (AvgIpc) is 2.55. The first-order valence-electron chi connectivity index (χ1n) is 10.3. The lowest BCUT2D eigenvalue weighted by molar-refractivity contribution is 0.523. The lowest BCUT2D eigenvalue weighted by atomic mass is 9.92. The molecule has 0 radical (unpaired) electrons. The van der Waals surface area contributed by atoms with Gasteiger partial charge in [0.25, 0.3) is 0 Å². The first-order valence-corrected chi connectivity index (χ1v) is 10.3. The Morgan fingerprint density at radius 2 is 0.778 bits per heavy atom. The average molecular weight is 369 g/mol. The number of benzene rings is 2. The Balaban J connectivity index is 0.000000483. The summed E-state index contributed by atoms with van der Waals surface area (Å²) in [7, 11) is 0. The lowest BCUT2D eigenvalue weighted by Crippen LogP contribution is -1.98. The molecule has 0 amide bonds. The van der Waals surface area contributed by atoms with Gasteiger partial charge in [-0.1, -0.05) is 109 Å². The largest absolute Gasteiger partial charge is 0.0776 e. The molecule has 27 heavy (non-hydrogen) atoms. The Hall–Kier alpha value is -1.56. The maximum atomic E-state index is 2.31. The summed E-state index contributed by atoms with van der Waals surface area (Å²) in [5, 5.41) is 0. The monoisotopic (exact) mass is 368 g/mol. The smallest absolute Gasteiger partial charge is 0.0188 e. The SMILES string of the molecule is C.Cc1ccc([C@@H](C)CC(C)C)cc1.Cc1ccc([C@H](C)CC(C)C)cc1. The minimum Gasteiger partial charge on any atom is -0.0776 e. The summed E-state index contributed by atoms with van der Waals surface area (Å²) >= 11 is 0. The van der Waals surface area contributed by atoms with Crippen LogP contribution in [0.4, 0.5) is 0 Å². The van der Waals surface area contributed by atoms with E-state index in [0.29, 0.717) is 11.8 Å². The predicted molar refractivity (Wildman–Crippen MR) is 125 cm³/mol. The van der Waals surface area contributed by atoms with Crippen molar-refractivity contribution < 1.29 is 0 Å². The molecule has 0 saturated carbocycles. The van der Waals surface area contributed by atoms with Crippen LogP contribution in [0.5, 0.6) is 0 Å². The van der Waals surface area contributed by atoms with Gasteiger partial charge in [0.1, 0.15) is 0 Å². The van der Waals surface area contributed by atoms with Crippen LogP contribution in [-0.4, -0.2) is 0 Å². The van der Waals surface area contributed by atoms with Crippen LogP contribution in [-0.2, 0) is 0 Å². The highest BCUT2D eigenvalue weighted by atomic mass is 14.1. The molecule has 0 unspecified atom stereocenters. The topological polar surface area (TPSA) is 0 Å². The van der Waals surface area contributed by atoms with Gasteiger partial charge < -0.3 is 0 Å². The third-order valence-electron chi connectivity index (χ3n) is 4.94. The first-order chi connectivity index (χ1) is 12.2. The van der Waals surface area contributed by atoms with Gasteiger partial charge in [-0.15, -0.1) is 0 Å². The third kappa shape index (κ3) is 10.4. The second-order valence-corrected chi connectivity index (χ2v) is 8.88. The van der Waals surface area contributed by atoms with E-state index < -0.39 is 0 Å². The molecule has 0 spiro atoms. The van der Waals surface area contributed by atoms with Gasteiger partial charge in [0.05, 0.1) is 0 Å². The zero-order valence-electron chi connectivity index (χ0n) is 18.3. The number of hydrogen-bond acceptors (Lipinski definition) is 0. The van der Waals surface area contributed by atoms with Crippen molar-refractivity contribution in [2.45, 2.75) is 87.5 Å². The molecule has 0 aromatic heterocycles. The van der Waals surface area contributed by atoms with Crippen LogP contribution in [0.25, 0.3) is 0 Å². The van der Waals surface area contributed by atoms with Gasteiger partial charge in [-0.05, 0) is 61.5 Å². The van der Waals surface area contributed by atoms with Gasteiger partial charge in [0.2, 0.25) is 0 Å². The predicted octanol–water partition coefficient (Wildman–Crippen LogP) is 8.93. The van der Waals surface area contributed by atoms with E-state index in [-0.39, 0.29) is 7.43 Å². The van der Waals surface area contributed by atoms with Crippen LogP contribution in [0.15, 0.2) is 48.5 Å². The highest BCUT2D eigenvalue weighted by Gasteiger charge is 2.07. The van der Waals surface area contributed by atoms with E-state index in [0.717, 1.165) is 11.8 Å². The van der Waals surface area contributed by atoms with E-state index in [9.17, 15) is 0 Å². The fourth-order valence-electron chi connectivity index (χ4n) is 3.48. The summed E-state index contributed by atoms with van der Waals surface area (Å²) in [6, 6.07) is 17.8. The highest BCUT2D eigenvalue weighted by molar-refractivity contribution is 5.24. The van der Waals surface area contributed by atoms with Gasteiger partial charge >= 0.3 is 0 Å². The Morgan fingerprint density at radius 1 is 0.519 bits per heavy atom. The highest BCUT2D eigenvalue weighted by Crippen LogP contribution is 2.23. The van der Waals surface area contributed by atoms with Crippen molar-refractivity contribution >= 4 is 0 Å². The summed E-state index contributed by atoms with van der Waals surface area (Å²) in [4.78, 5) is 0. The lowest BCUT2D eigenvalue weighted by Gasteiger charge is -2.14. The van der Waals surface area contributed by atoms with Crippen LogP contribution in [0, 0.1) is 25.7 Å². The molecule has 2 rings (SSSR count). The molecule has 0 aliphatic heterocycles. The molecule has 0 N–H and O–H groups in total. The van der Waals surface area contributed by atoms with Gasteiger partial charge in [-0.3, -0.25) is 0 Å². The molecule has 0 nitrogen and oxygen atoms in total. The van der Waals surface area contributed by atoms with Crippen molar-refractivity contribution in [3.05, 3.63) is 70.8 Å². The van der Waals surface area contributed by atoms with E-state index >= 15 is 0 Å². The molecular weight excluding hydrogens is 324 g/mol. The van der Waals surface area contributed by atoms with Crippen LogP contribution in [0.3, 0.4) is 0 Å². The molecule has 0 fully saturated rings. The summed E-state index contributed by atoms with van der Waals surface area (Å²) in [5.41, 5.74) is 5.64. The molecule has 0 bridgehead atoms. The summed E-state index contributed by atoms with van der Waals surface area (Å²) in [5.74, 6) is 2.97. The Morgan fingerprint density at radius 3 is 1.00 bits per heavy atom. The van der Waals surface area contributed by atoms with Crippen molar-refractivity contribution in [2.75, 3.05) is 0 Å². The van der Waals surface area contributed by atoms with Crippen LogP contribution < -0.4 is 0 Å². The zero-order chi connectivity index (χ0) is 19.7. The van der Waals surface area contributed by atoms with Gasteiger partial charge in [-0.25, -0.2) is 0 Å². The molecule has 2 aromatic carbocycles. The molecule has 2 aromatic rings. The van der Waals surface area contributed by atoms with E-state index in [1.807, 2.05) is 0 Å². The number of aryl methyl sites for hydroxylation is 2. The van der Waals surface area contributed by atoms with Crippen molar-refractivity contribution in [1.82, 2.24) is 0 Å². The van der Waals surface area contributed by atoms with E-state index in [4.69, 9.17) is 0 Å². The fraction of sp³-hybridized carbons (Fsp3) is 0.556. The van der Waals surface area contributed by atoms with E-state index in [2.05, 4.69) is 104 Å². The molecule has 0 heteroatoms. The van der Waals surface area contributed by atoms with Gasteiger partial charge in [0.15, 0.2) is 0 Å². The Labute approximate surface area is 170 Å². The third-order valence-corrected chi connectivity index (χ3v) is 4.94. The molecular formula is C27H44. The second kappa shape index (κ2) is 12.8. The van der Waals surface area contributed by atoms with Crippen LogP contribution in [0.2, 0.25) is 0 Å². The van der Waals surface area contributed by atoms with E-state index in [1.54, 1.807) is 0 Å². The maximum absolute atomic E-state index is 2.31. The van der Waals surface area contributed by atoms with Crippen molar-refractivity contribution in [2.24, 2.45) is 11.8 Å². The molecule has 0 saturated heterocycles. The van der Waals surface area contributed by atoms with Gasteiger partial charge in [0, 0.05) is 0 Å². The van der Waals surface area contributed by atoms with Crippen molar-refractivity contribution in [3.8, 4) is 0 Å². The number of hydrogen-bond donors (Lipinski definition) is 0. The van der Waals surface area contributed by atoms with Crippen molar-refractivity contribution in [1.29, 1.82) is 0 Å². The Kier molecular flexibility index (Phi) is 12.0. The second-order valence-electron chi connectivity index (χ2n) is 8.88. The minimum absolute atomic E-state index is 0. The quantitative estimate of drug-likeness (QED) is 0.477. The zero-order valence-corrected chi connectivity index (χ0v) is 18.3. The normalized spacial score (nSPS) is 12.8. The van der Waals surface area contributed by atoms with E-state index in [1.165, 1.54) is 35.1 Å². The first kappa shape index (κ1) is 25.4. The molecule has 2 atom stereocenters. The summed E-state index contributed by atoms with van der Waals surface area (Å²) in [6.07, 6.45) is 2.56. The molecule has 0 aliphatic rings. The van der Waals surface area contributed by atoms with Crippen LogP contribution >= 0.6 is 0 Å². The summed E-state index contributed by atoms with van der Waals surface area (Å²) in [6.45, 7) is 18.0. The van der Waals surface area contributed by atoms with Gasteiger partial charge in [-0.2, -0.15) is 0 Å². The minimum atomic E-state index is 0.